The second-order valence-electron chi connectivity index (χ2n) is 5.83. The Labute approximate surface area is 151 Å². The van der Waals surface area contributed by atoms with E-state index < -0.39 is 0 Å². The number of aryl methyl sites for hydroxylation is 1. The van der Waals surface area contributed by atoms with Crippen LogP contribution in [0.1, 0.15) is 18.4 Å². The van der Waals surface area contributed by atoms with Gasteiger partial charge in [0.05, 0.1) is 13.1 Å². The van der Waals surface area contributed by atoms with Gasteiger partial charge in [-0.1, -0.05) is 15.9 Å². The van der Waals surface area contributed by atoms with Crippen LogP contribution in [0.5, 0.6) is 0 Å². The second-order valence-corrected chi connectivity index (χ2v) is 6.75. The second kappa shape index (κ2) is 9.25. The highest BCUT2D eigenvalue weighted by Crippen LogP contribution is 2.27. The number of hydrogen-bond donors (Lipinski definition) is 2. The Hall–Kier alpha value is -1.11. The molecule has 0 spiro atoms. The van der Waals surface area contributed by atoms with E-state index in [1.165, 1.54) is 17.7 Å². The summed E-state index contributed by atoms with van der Waals surface area (Å²) in [7, 11) is 1.65. The van der Waals surface area contributed by atoms with Crippen molar-refractivity contribution in [3.05, 3.63) is 28.2 Å². The average Bonchev–Trinajstić information content (AvgIpc) is 3.26. The molecule has 0 aromatic heterocycles. The zero-order chi connectivity index (χ0) is 16.1. The first kappa shape index (κ1) is 19.9. The minimum absolute atomic E-state index is 0. The maximum atomic E-state index is 12.0. The SMILES string of the molecule is Cc1cc(Br)ccc1NC(=O)CN(C)C(=O)CNCC1CC1.Cl. The molecule has 128 valence electrons. The summed E-state index contributed by atoms with van der Waals surface area (Å²) in [4.78, 5) is 25.4. The Bertz CT molecular complexity index is 564. The van der Waals surface area contributed by atoms with Gasteiger partial charge in [0, 0.05) is 17.2 Å². The summed E-state index contributed by atoms with van der Waals surface area (Å²) in [6.45, 7) is 3.16. The van der Waals surface area contributed by atoms with E-state index >= 15 is 0 Å². The number of rotatable bonds is 7. The molecule has 1 fully saturated rings. The van der Waals surface area contributed by atoms with Crippen molar-refractivity contribution in [1.82, 2.24) is 10.2 Å². The van der Waals surface area contributed by atoms with Crippen LogP contribution in [0.3, 0.4) is 0 Å². The van der Waals surface area contributed by atoms with Crippen LogP contribution >= 0.6 is 28.3 Å². The van der Waals surface area contributed by atoms with Crippen LogP contribution < -0.4 is 10.6 Å². The highest BCUT2D eigenvalue weighted by molar-refractivity contribution is 9.10. The van der Waals surface area contributed by atoms with Crippen molar-refractivity contribution in [2.75, 3.05) is 32.0 Å². The van der Waals surface area contributed by atoms with Gasteiger partial charge >= 0.3 is 0 Å². The predicted octanol–water partition coefficient (Wildman–Crippen LogP) is 2.58. The number of carbonyl (C=O) groups is 2. The standard InChI is InChI=1S/C16H22BrN3O2.ClH/c1-11-7-13(17)5-6-14(11)19-15(21)10-20(2)16(22)9-18-8-12-3-4-12;/h5-7,12,18H,3-4,8-10H2,1-2H3,(H,19,21);1H. The number of anilines is 1. The van der Waals surface area contributed by atoms with E-state index in [0.29, 0.717) is 0 Å². The van der Waals surface area contributed by atoms with Gasteiger partial charge in [0.2, 0.25) is 11.8 Å². The third-order valence-electron chi connectivity index (χ3n) is 3.68. The zero-order valence-corrected chi connectivity index (χ0v) is 15.8. The highest BCUT2D eigenvalue weighted by Gasteiger charge is 2.21. The summed E-state index contributed by atoms with van der Waals surface area (Å²) in [6, 6.07) is 5.65. The van der Waals surface area contributed by atoms with E-state index in [1.807, 2.05) is 25.1 Å². The lowest BCUT2D eigenvalue weighted by Gasteiger charge is -2.17. The Morgan fingerprint density at radius 1 is 1.35 bits per heavy atom. The quantitative estimate of drug-likeness (QED) is 0.734. The summed E-state index contributed by atoms with van der Waals surface area (Å²) in [5.41, 5.74) is 1.74. The molecule has 1 aromatic carbocycles. The lowest BCUT2D eigenvalue weighted by Crippen LogP contribution is -2.40. The Balaban J connectivity index is 0.00000264. The third kappa shape index (κ3) is 6.89. The molecule has 23 heavy (non-hydrogen) atoms. The van der Waals surface area contributed by atoms with E-state index in [0.717, 1.165) is 28.2 Å². The molecule has 0 bridgehead atoms. The highest BCUT2D eigenvalue weighted by atomic mass is 79.9. The number of benzene rings is 1. The van der Waals surface area contributed by atoms with Gasteiger partial charge in [-0.15, -0.1) is 12.4 Å². The zero-order valence-electron chi connectivity index (χ0n) is 13.4. The van der Waals surface area contributed by atoms with Crippen LogP contribution in [0.15, 0.2) is 22.7 Å². The van der Waals surface area contributed by atoms with E-state index in [4.69, 9.17) is 0 Å². The topological polar surface area (TPSA) is 61.4 Å². The molecule has 0 unspecified atom stereocenters. The fourth-order valence-corrected chi connectivity index (χ4v) is 2.58. The van der Waals surface area contributed by atoms with Crippen molar-refractivity contribution in [2.24, 2.45) is 5.92 Å². The summed E-state index contributed by atoms with van der Waals surface area (Å²) in [5, 5.41) is 5.97. The van der Waals surface area contributed by atoms with Gasteiger partial charge in [0.15, 0.2) is 0 Å². The maximum Gasteiger partial charge on any atom is 0.243 e. The minimum Gasteiger partial charge on any atom is -0.335 e. The van der Waals surface area contributed by atoms with Crippen LogP contribution in [0.25, 0.3) is 0 Å². The van der Waals surface area contributed by atoms with Crippen LogP contribution in [0.2, 0.25) is 0 Å². The van der Waals surface area contributed by atoms with E-state index in [-0.39, 0.29) is 37.3 Å². The Morgan fingerprint density at radius 3 is 2.65 bits per heavy atom. The van der Waals surface area contributed by atoms with Gasteiger partial charge in [-0.2, -0.15) is 0 Å². The predicted molar refractivity (Wildman–Crippen MR) is 98.0 cm³/mol. The molecule has 0 atom stereocenters. The van der Waals surface area contributed by atoms with Gasteiger partial charge in [-0.3, -0.25) is 9.59 Å². The van der Waals surface area contributed by atoms with Crippen molar-refractivity contribution in [1.29, 1.82) is 0 Å². The van der Waals surface area contributed by atoms with E-state index in [9.17, 15) is 9.59 Å². The monoisotopic (exact) mass is 403 g/mol. The van der Waals surface area contributed by atoms with Crippen molar-refractivity contribution < 1.29 is 9.59 Å². The van der Waals surface area contributed by atoms with Crippen LogP contribution in [-0.4, -0.2) is 43.4 Å². The van der Waals surface area contributed by atoms with Gasteiger partial charge in [0.25, 0.3) is 0 Å². The lowest BCUT2D eigenvalue weighted by atomic mass is 10.2. The molecule has 1 aromatic rings. The van der Waals surface area contributed by atoms with E-state index in [2.05, 4.69) is 26.6 Å². The van der Waals surface area contributed by atoms with Crippen LogP contribution in [-0.2, 0) is 9.59 Å². The fourth-order valence-electron chi connectivity index (χ4n) is 2.10. The molecule has 2 N–H and O–H groups in total. The van der Waals surface area contributed by atoms with Crippen molar-refractivity contribution >= 4 is 45.8 Å². The molecule has 1 aliphatic carbocycles. The first-order chi connectivity index (χ1) is 10.5. The number of hydrogen-bond acceptors (Lipinski definition) is 3. The molecular formula is C16H23BrClN3O2. The summed E-state index contributed by atoms with van der Waals surface area (Å²) < 4.78 is 0.969. The summed E-state index contributed by atoms with van der Waals surface area (Å²) in [6.07, 6.45) is 2.51. The normalized spacial score (nSPS) is 13.2. The largest absolute Gasteiger partial charge is 0.335 e. The van der Waals surface area contributed by atoms with Crippen LogP contribution in [0, 0.1) is 12.8 Å². The number of amides is 2. The van der Waals surface area contributed by atoms with Gasteiger partial charge in [-0.25, -0.2) is 0 Å². The molecule has 5 nitrogen and oxygen atoms in total. The smallest absolute Gasteiger partial charge is 0.243 e. The van der Waals surface area contributed by atoms with Gasteiger partial charge < -0.3 is 15.5 Å². The first-order valence-electron chi connectivity index (χ1n) is 7.46. The number of likely N-dealkylation sites (N-methyl/N-ethyl adjacent to an activating group) is 1. The Kier molecular flexibility index (Phi) is 8.02. The number of nitrogens with zero attached hydrogens (tertiary/aromatic N) is 1. The molecule has 2 amide bonds. The number of halogens is 2. The molecule has 2 rings (SSSR count). The Morgan fingerprint density at radius 2 is 2.04 bits per heavy atom. The summed E-state index contributed by atoms with van der Waals surface area (Å²) >= 11 is 3.39. The lowest BCUT2D eigenvalue weighted by molar-refractivity contribution is -0.132. The first-order valence-corrected chi connectivity index (χ1v) is 8.25. The number of nitrogens with one attached hydrogen (secondary N) is 2. The summed E-state index contributed by atoms with van der Waals surface area (Å²) in [5.74, 6) is 0.480. The molecule has 0 heterocycles. The van der Waals surface area contributed by atoms with E-state index in [1.54, 1.807) is 7.05 Å². The van der Waals surface area contributed by atoms with Gasteiger partial charge in [0.1, 0.15) is 0 Å². The molecular weight excluding hydrogens is 382 g/mol. The van der Waals surface area contributed by atoms with Crippen LogP contribution in [0.4, 0.5) is 5.69 Å². The van der Waals surface area contributed by atoms with Crippen molar-refractivity contribution in [3.8, 4) is 0 Å². The fraction of sp³-hybridized carbons (Fsp3) is 0.500. The molecule has 1 saturated carbocycles. The minimum atomic E-state index is -0.191. The van der Waals surface area contributed by atoms with Gasteiger partial charge in [-0.05, 0) is 56.0 Å². The van der Waals surface area contributed by atoms with Crippen molar-refractivity contribution in [2.45, 2.75) is 19.8 Å². The molecule has 0 saturated heterocycles. The molecule has 0 aliphatic heterocycles. The molecule has 7 heteroatoms. The number of carbonyl (C=O) groups excluding carboxylic acids is 2. The average molecular weight is 405 g/mol. The third-order valence-corrected chi connectivity index (χ3v) is 4.17. The van der Waals surface area contributed by atoms with Crippen molar-refractivity contribution in [3.63, 3.8) is 0 Å². The maximum absolute atomic E-state index is 12.0. The molecule has 1 aliphatic rings. The molecule has 0 radical (unpaired) electrons.